The van der Waals surface area contributed by atoms with Crippen LogP contribution in [0, 0.1) is 35.0 Å². The maximum atomic E-state index is 12.6. The smallest absolute Gasteiger partial charge is 0.224 e. The fourth-order valence-electron chi connectivity index (χ4n) is 11.1. The molecule has 2 heterocycles. The summed E-state index contributed by atoms with van der Waals surface area (Å²) in [5.74, 6) is 4.02. The lowest BCUT2D eigenvalue weighted by Crippen LogP contribution is -2.51. The third-order valence-electron chi connectivity index (χ3n) is 13.4. The Balaban J connectivity index is 1.03. The summed E-state index contributed by atoms with van der Waals surface area (Å²) in [6.07, 6.45) is 13.2. The molecule has 6 aliphatic rings. The van der Waals surface area contributed by atoms with Crippen LogP contribution in [0.5, 0.6) is 0 Å². The van der Waals surface area contributed by atoms with Gasteiger partial charge in [0, 0.05) is 37.9 Å². The van der Waals surface area contributed by atoms with Crippen molar-refractivity contribution in [3.8, 4) is 0 Å². The van der Waals surface area contributed by atoms with Crippen LogP contribution < -0.4 is 5.32 Å². The maximum Gasteiger partial charge on any atom is 0.224 e. The fourth-order valence-corrected chi connectivity index (χ4v) is 11.1. The van der Waals surface area contributed by atoms with E-state index < -0.39 is 0 Å². The van der Waals surface area contributed by atoms with Gasteiger partial charge in [-0.15, -0.1) is 0 Å². The first-order valence-corrected chi connectivity index (χ1v) is 17.2. The van der Waals surface area contributed by atoms with E-state index >= 15 is 0 Å². The highest BCUT2D eigenvalue weighted by atomic mass is 16.5. The molecule has 2 saturated heterocycles. The number of rotatable bonds is 5. The molecule has 7 rings (SSSR count). The van der Waals surface area contributed by atoms with Crippen molar-refractivity contribution in [3.05, 3.63) is 47.0 Å². The average molecular weight is 573 g/mol. The van der Waals surface area contributed by atoms with E-state index in [1.165, 1.54) is 38.5 Å². The number of nitrogens with zero attached hydrogens (tertiary/aromatic N) is 1. The Morgan fingerprint density at radius 1 is 1.10 bits per heavy atom. The van der Waals surface area contributed by atoms with Gasteiger partial charge < -0.3 is 10.1 Å². The lowest BCUT2D eigenvalue weighted by molar-refractivity contribution is -0.130. The van der Waals surface area contributed by atoms with Crippen LogP contribution in [-0.2, 0) is 20.7 Å². The van der Waals surface area contributed by atoms with Gasteiger partial charge in [0.1, 0.15) is 5.78 Å². The molecule has 228 valence electrons. The summed E-state index contributed by atoms with van der Waals surface area (Å²) in [6.45, 7) is 10.2. The van der Waals surface area contributed by atoms with E-state index in [9.17, 15) is 9.59 Å². The summed E-state index contributed by atoms with van der Waals surface area (Å²) in [4.78, 5) is 27.6. The van der Waals surface area contributed by atoms with Crippen molar-refractivity contribution in [2.75, 3.05) is 19.6 Å². The number of nitrogens with one attached hydrogen (secondary N) is 1. The van der Waals surface area contributed by atoms with Crippen LogP contribution in [0.3, 0.4) is 0 Å². The van der Waals surface area contributed by atoms with Gasteiger partial charge in [-0.2, -0.15) is 0 Å². The van der Waals surface area contributed by atoms with Gasteiger partial charge >= 0.3 is 0 Å². The fraction of sp³-hybridized carbons (Fsp3) is 0.730. The first kappa shape index (κ1) is 28.8. The van der Waals surface area contributed by atoms with E-state index in [0.29, 0.717) is 48.1 Å². The predicted molar refractivity (Wildman–Crippen MR) is 166 cm³/mol. The third-order valence-corrected chi connectivity index (χ3v) is 13.4. The van der Waals surface area contributed by atoms with Crippen LogP contribution in [-0.4, -0.2) is 54.0 Å². The largest absolute Gasteiger partial charge is 0.369 e. The van der Waals surface area contributed by atoms with Gasteiger partial charge in [-0.1, -0.05) is 55.3 Å². The number of ether oxygens (including phenoxy) is 1. The van der Waals surface area contributed by atoms with Gasteiger partial charge in [-0.3, -0.25) is 14.5 Å². The highest BCUT2D eigenvalue weighted by Gasteiger charge is 2.59. The van der Waals surface area contributed by atoms with Crippen LogP contribution in [0.15, 0.2) is 41.5 Å². The lowest BCUT2D eigenvalue weighted by Gasteiger charge is -2.52. The van der Waals surface area contributed by atoms with Gasteiger partial charge in [-0.05, 0) is 106 Å². The Kier molecular flexibility index (Phi) is 7.66. The van der Waals surface area contributed by atoms with Gasteiger partial charge in [0.15, 0.2) is 0 Å². The lowest BCUT2D eigenvalue weighted by atomic mass is 9.52. The van der Waals surface area contributed by atoms with Crippen LogP contribution in [0.2, 0.25) is 0 Å². The number of hydrogen-bond donors (Lipinski definition) is 1. The van der Waals surface area contributed by atoms with Gasteiger partial charge in [0.2, 0.25) is 5.91 Å². The van der Waals surface area contributed by atoms with Crippen molar-refractivity contribution in [2.24, 2.45) is 35.0 Å². The number of amides is 1. The summed E-state index contributed by atoms with van der Waals surface area (Å²) in [7, 11) is 0. The topological polar surface area (TPSA) is 58.6 Å². The number of piperidine rings is 1. The second-order valence-corrected chi connectivity index (χ2v) is 15.3. The normalized spacial score (nSPS) is 41.6. The number of benzene rings is 1. The number of allylic oxidation sites excluding steroid dienone is 1. The SMILES string of the molecule is CC1=C2C[C@H]3[C@@H](CC[C@@H]4CC(=O)CC[C@@]43C)[C@@H]2CC[C@@]2(C1)O[C@@H]1CCCN(CCNC(=O)Cc3ccccc3)[C@H]1[C@H]2C. The molecular weight excluding hydrogens is 520 g/mol. The summed E-state index contributed by atoms with van der Waals surface area (Å²) < 4.78 is 7.21. The number of carbonyl (C=O) groups excluding carboxylic acids is 2. The monoisotopic (exact) mass is 572 g/mol. The molecule has 0 radical (unpaired) electrons. The van der Waals surface area contributed by atoms with Crippen molar-refractivity contribution in [1.29, 1.82) is 0 Å². The number of hydrogen-bond acceptors (Lipinski definition) is 4. The van der Waals surface area contributed by atoms with E-state index in [1.807, 2.05) is 30.3 Å². The minimum atomic E-state index is -0.0518. The van der Waals surface area contributed by atoms with Crippen LogP contribution in [0.1, 0.15) is 97.0 Å². The zero-order valence-electron chi connectivity index (χ0n) is 26.2. The predicted octanol–water partition coefficient (Wildman–Crippen LogP) is 6.51. The van der Waals surface area contributed by atoms with Crippen molar-refractivity contribution < 1.29 is 14.3 Å². The molecular formula is C37H52N2O3. The summed E-state index contributed by atoms with van der Waals surface area (Å²) in [5, 5.41) is 3.19. The second-order valence-electron chi connectivity index (χ2n) is 15.3. The Morgan fingerprint density at radius 2 is 1.93 bits per heavy atom. The van der Waals surface area contributed by atoms with Crippen molar-refractivity contribution in [1.82, 2.24) is 10.2 Å². The molecule has 3 saturated carbocycles. The molecule has 0 aromatic heterocycles. The zero-order valence-corrected chi connectivity index (χ0v) is 26.2. The number of carbonyl (C=O) groups is 2. The molecule has 1 spiro atoms. The van der Waals surface area contributed by atoms with E-state index in [0.717, 1.165) is 68.5 Å². The molecule has 1 aromatic rings. The molecule has 5 heteroatoms. The van der Waals surface area contributed by atoms with Crippen LogP contribution in [0.25, 0.3) is 0 Å². The minimum absolute atomic E-state index is 0.0518. The van der Waals surface area contributed by atoms with Crippen LogP contribution in [0.4, 0.5) is 0 Å². The van der Waals surface area contributed by atoms with E-state index in [1.54, 1.807) is 11.1 Å². The molecule has 42 heavy (non-hydrogen) atoms. The van der Waals surface area contributed by atoms with E-state index in [-0.39, 0.29) is 11.5 Å². The molecule has 1 N–H and O–H groups in total. The zero-order chi connectivity index (χ0) is 29.1. The minimum Gasteiger partial charge on any atom is -0.369 e. The van der Waals surface area contributed by atoms with Crippen molar-refractivity contribution in [3.63, 3.8) is 0 Å². The Labute approximate surface area is 253 Å². The summed E-state index contributed by atoms with van der Waals surface area (Å²) in [6, 6.07) is 10.5. The molecule has 1 amide bonds. The standard InChI is InChI=1S/C37H52N2O3/c1-24-23-37(16-14-29-30-12-11-27-21-28(40)13-15-36(27,3)32(30)22-31(24)29)25(2)35-33(42-37)10-7-18-39(35)19-17-38-34(41)20-26-8-5-4-6-9-26/h4-6,8-9,25,27,29-30,32-33,35H,7,10-23H2,1-3H3,(H,38,41)/t25-,27-,29+,30+,32+,33-,35+,36+,37+/m1/s1. The number of fused-ring (bicyclic) bond motifs is 6. The highest BCUT2D eigenvalue weighted by molar-refractivity contribution is 5.79. The summed E-state index contributed by atoms with van der Waals surface area (Å²) >= 11 is 0. The Hall–Kier alpha value is -1.98. The molecule has 1 aromatic carbocycles. The number of ketones is 1. The third kappa shape index (κ3) is 4.91. The molecule has 5 nitrogen and oxygen atoms in total. The first-order chi connectivity index (χ1) is 20.3. The Bertz CT molecular complexity index is 1230. The number of Topliss-reactive ketones (excluding diaryl/α,β-unsaturated/α-hetero) is 1. The van der Waals surface area contributed by atoms with Gasteiger partial charge in [0.05, 0.1) is 18.1 Å². The van der Waals surface area contributed by atoms with Crippen LogP contribution >= 0.6 is 0 Å². The quantitative estimate of drug-likeness (QED) is 0.409. The molecule has 5 fully saturated rings. The van der Waals surface area contributed by atoms with E-state index in [2.05, 4.69) is 31.0 Å². The second kappa shape index (κ2) is 11.2. The summed E-state index contributed by atoms with van der Waals surface area (Å²) in [5.41, 5.74) is 4.78. The van der Waals surface area contributed by atoms with Crippen molar-refractivity contribution in [2.45, 2.75) is 116 Å². The van der Waals surface area contributed by atoms with Crippen molar-refractivity contribution >= 4 is 11.7 Å². The van der Waals surface area contributed by atoms with Gasteiger partial charge in [-0.25, -0.2) is 0 Å². The first-order valence-electron chi connectivity index (χ1n) is 17.2. The molecule has 0 bridgehead atoms. The number of likely N-dealkylation sites (tertiary alicyclic amines) is 1. The molecule has 2 aliphatic heterocycles. The molecule has 4 aliphatic carbocycles. The Morgan fingerprint density at radius 3 is 2.76 bits per heavy atom. The average Bonchev–Trinajstić information content (AvgIpc) is 3.44. The van der Waals surface area contributed by atoms with E-state index in [4.69, 9.17) is 4.74 Å². The highest BCUT2D eigenvalue weighted by Crippen LogP contribution is 2.65. The molecule has 9 atom stereocenters. The molecule has 0 unspecified atom stereocenters. The van der Waals surface area contributed by atoms with Gasteiger partial charge in [0.25, 0.3) is 0 Å². The maximum absolute atomic E-state index is 12.6.